The van der Waals surface area contributed by atoms with Crippen molar-refractivity contribution in [1.29, 1.82) is 5.26 Å². The van der Waals surface area contributed by atoms with Crippen LogP contribution in [-0.4, -0.2) is 0 Å². The van der Waals surface area contributed by atoms with Crippen LogP contribution in [0.1, 0.15) is 17.5 Å². The molecule has 1 aromatic rings. The molecular weight excluding hydrogens is 148 g/mol. The number of nitrogens with zero attached hydrogens (tertiary/aromatic N) is 1. The Labute approximate surface area is 72.6 Å². The van der Waals surface area contributed by atoms with Crippen LogP contribution >= 0.6 is 0 Å². The van der Waals surface area contributed by atoms with Crippen LogP contribution in [0.2, 0.25) is 0 Å². The predicted octanol–water partition coefficient (Wildman–Crippen LogP) is 1.60. The first kappa shape index (κ1) is 8.76. The zero-order chi connectivity index (χ0) is 8.81. The third-order valence-electron chi connectivity index (χ3n) is 1.84. The molecule has 0 aliphatic heterocycles. The number of hydrogen-bond donors (Lipinski definition) is 1. The maximum Gasteiger partial charge on any atom is 0.0625 e. The largest absolute Gasteiger partial charge is 0.326 e. The van der Waals surface area contributed by atoms with E-state index in [0.29, 0.717) is 13.0 Å². The zero-order valence-corrected chi connectivity index (χ0v) is 6.96. The lowest BCUT2D eigenvalue weighted by Gasteiger charge is -2.03. The summed E-state index contributed by atoms with van der Waals surface area (Å²) >= 11 is 0. The van der Waals surface area contributed by atoms with E-state index in [0.717, 1.165) is 12.0 Å². The molecule has 0 radical (unpaired) electrons. The topological polar surface area (TPSA) is 49.8 Å². The van der Waals surface area contributed by atoms with Gasteiger partial charge in [-0.1, -0.05) is 24.3 Å². The van der Waals surface area contributed by atoms with E-state index in [4.69, 9.17) is 11.0 Å². The van der Waals surface area contributed by atoms with Gasteiger partial charge in [-0.15, -0.1) is 0 Å². The van der Waals surface area contributed by atoms with Gasteiger partial charge >= 0.3 is 0 Å². The molecule has 1 rings (SSSR count). The minimum atomic E-state index is 0.557. The summed E-state index contributed by atoms with van der Waals surface area (Å²) in [6.07, 6.45) is 1.38. The van der Waals surface area contributed by atoms with E-state index in [1.165, 1.54) is 5.56 Å². The second-order valence-electron chi connectivity index (χ2n) is 2.63. The molecule has 2 nitrogen and oxygen atoms in total. The van der Waals surface area contributed by atoms with Crippen molar-refractivity contribution in [2.45, 2.75) is 19.4 Å². The molecule has 0 amide bonds. The van der Waals surface area contributed by atoms with Gasteiger partial charge in [0.2, 0.25) is 0 Å². The maximum absolute atomic E-state index is 8.41. The molecule has 2 N–H and O–H groups in total. The van der Waals surface area contributed by atoms with Gasteiger partial charge in [0, 0.05) is 13.0 Å². The third-order valence-corrected chi connectivity index (χ3v) is 1.84. The Hall–Kier alpha value is -1.33. The first-order chi connectivity index (χ1) is 5.88. The summed E-state index contributed by atoms with van der Waals surface area (Å²) in [4.78, 5) is 0. The van der Waals surface area contributed by atoms with Crippen LogP contribution in [0.5, 0.6) is 0 Å². The van der Waals surface area contributed by atoms with Crippen LogP contribution in [-0.2, 0) is 13.0 Å². The van der Waals surface area contributed by atoms with Gasteiger partial charge in [-0.25, -0.2) is 0 Å². The molecule has 0 fully saturated rings. The summed E-state index contributed by atoms with van der Waals surface area (Å²) in [5, 5.41) is 8.41. The highest BCUT2D eigenvalue weighted by Gasteiger charge is 1.97. The fourth-order valence-electron chi connectivity index (χ4n) is 1.19. The second kappa shape index (κ2) is 4.53. The van der Waals surface area contributed by atoms with Crippen LogP contribution < -0.4 is 5.73 Å². The molecule has 0 spiro atoms. The molecule has 0 aliphatic rings. The van der Waals surface area contributed by atoms with Crippen molar-refractivity contribution in [2.24, 2.45) is 5.73 Å². The third kappa shape index (κ3) is 2.08. The van der Waals surface area contributed by atoms with E-state index in [1.54, 1.807) is 0 Å². The summed E-state index contributed by atoms with van der Waals surface area (Å²) in [7, 11) is 0. The summed E-state index contributed by atoms with van der Waals surface area (Å²) in [6.45, 7) is 0.557. The van der Waals surface area contributed by atoms with Gasteiger partial charge in [-0.2, -0.15) is 5.26 Å². The lowest BCUT2D eigenvalue weighted by Crippen LogP contribution is -2.00. The molecule has 0 aromatic heterocycles. The van der Waals surface area contributed by atoms with Crippen molar-refractivity contribution >= 4 is 0 Å². The van der Waals surface area contributed by atoms with Gasteiger partial charge in [0.05, 0.1) is 6.07 Å². The highest BCUT2D eigenvalue weighted by Crippen LogP contribution is 2.09. The quantitative estimate of drug-likeness (QED) is 0.730. The van der Waals surface area contributed by atoms with Gasteiger partial charge in [0.1, 0.15) is 0 Å². The fourth-order valence-corrected chi connectivity index (χ4v) is 1.19. The maximum atomic E-state index is 8.41. The van der Waals surface area contributed by atoms with Crippen molar-refractivity contribution < 1.29 is 0 Å². The van der Waals surface area contributed by atoms with Crippen LogP contribution in [0.15, 0.2) is 24.3 Å². The van der Waals surface area contributed by atoms with E-state index >= 15 is 0 Å². The lowest BCUT2D eigenvalue weighted by molar-refractivity contribution is 0.953. The molecule has 0 saturated heterocycles. The van der Waals surface area contributed by atoms with Crippen LogP contribution in [0.4, 0.5) is 0 Å². The van der Waals surface area contributed by atoms with E-state index in [-0.39, 0.29) is 0 Å². The van der Waals surface area contributed by atoms with Crippen molar-refractivity contribution in [3.8, 4) is 6.07 Å². The highest BCUT2D eigenvalue weighted by atomic mass is 14.5. The first-order valence-electron chi connectivity index (χ1n) is 4.02. The highest BCUT2D eigenvalue weighted by molar-refractivity contribution is 5.27. The van der Waals surface area contributed by atoms with Crippen molar-refractivity contribution in [2.75, 3.05) is 0 Å². The molecule has 62 valence electrons. The molecule has 0 unspecified atom stereocenters. The average Bonchev–Trinajstić information content (AvgIpc) is 2.15. The van der Waals surface area contributed by atoms with Crippen molar-refractivity contribution in [3.05, 3.63) is 35.4 Å². The molecule has 0 heterocycles. The molecule has 12 heavy (non-hydrogen) atoms. The number of rotatable bonds is 3. The van der Waals surface area contributed by atoms with Crippen molar-refractivity contribution in [3.63, 3.8) is 0 Å². The van der Waals surface area contributed by atoms with Crippen LogP contribution in [0, 0.1) is 11.3 Å². The van der Waals surface area contributed by atoms with E-state index in [2.05, 4.69) is 6.07 Å². The number of nitriles is 1. The normalized spacial score (nSPS) is 9.33. The Kier molecular flexibility index (Phi) is 3.31. The lowest BCUT2D eigenvalue weighted by atomic mass is 10.0. The predicted molar refractivity (Wildman–Crippen MR) is 48.3 cm³/mol. The van der Waals surface area contributed by atoms with Gasteiger partial charge in [-0.3, -0.25) is 0 Å². The molecule has 0 atom stereocenters. The summed E-state index contributed by atoms with van der Waals surface area (Å²) in [6, 6.07) is 10.1. The summed E-state index contributed by atoms with van der Waals surface area (Å²) < 4.78 is 0. The number of hydrogen-bond acceptors (Lipinski definition) is 2. The minimum absolute atomic E-state index is 0.557. The SMILES string of the molecule is N#CCCc1ccccc1CN. The molecule has 0 bridgehead atoms. The Balaban J connectivity index is 2.76. The smallest absolute Gasteiger partial charge is 0.0625 e. The molecular formula is C10H12N2. The Morgan fingerprint density at radius 1 is 1.25 bits per heavy atom. The van der Waals surface area contributed by atoms with Crippen LogP contribution in [0.3, 0.4) is 0 Å². The van der Waals surface area contributed by atoms with E-state index in [9.17, 15) is 0 Å². The van der Waals surface area contributed by atoms with E-state index < -0.39 is 0 Å². The zero-order valence-electron chi connectivity index (χ0n) is 6.96. The first-order valence-corrected chi connectivity index (χ1v) is 4.02. The van der Waals surface area contributed by atoms with Gasteiger partial charge < -0.3 is 5.73 Å². The van der Waals surface area contributed by atoms with Gasteiger partial charge in [0.15, 0.2) is 0 Å². The minimum Gasteiger partial charge on any atom is -0.326 e. The summed E-state index contributed by atoms with van der Waals surface area (Å²) in [5.41, 5.74) is 7.88. The fraction of sp³-hybridized carbons (Fsp3) is 0.300. The Morgan fingerprint density at radius 2 is 1.92 bits per heavy atom. The average molecular weight is 160 g/mol. The number of aryl methyl sites for hydroxylation is 1. The Bertz CT molecular complexity index is 286. The standard InChI is InChI=1S/C10H12N2/c11-7-3-6-9-4-1-2-5-10(9)8-12/h1-2,4-5H,3,6,8,12H2. The molecule has 1 aromatic carbocycles. The monoisotopic (exact) mass is 160 g/mol. The Morgan fingerprint density at radius 3 is 2.50 bits per heavy atom. The second-order valence-corrected chi connectivity index (χ2v) is 2.63. The van der Waals surface area contributed by atoms with Gasteiger partial charge in [-0.05, 0) is 17.5 Å². The molecule has 2 heteroatoms. The number of benzene rings is 1. The molecule has 0 aliphatic carbocycles. The van der Waals surface area contributed by atoms with Crippen LogP contribution in [0.25, 0.3) is 0 Å². The van der Waals surface area contributed by atoms with Gasteiger partial charge in [0.25, 0.3) is 0 Å². The van der Waals surface area contributed by atoms with E-state index in [1.807, 2.05) is 24.3 Å². The van der Waals surface area contributed by atoms with Crippen molar-refractivity contribution in [1.82, 2.24) is 0 Å². The number of nitrogens with two attached hydrogens (primary N) is 1. The summed E-state index contributed by atoms with van der Waals surface area (Å²) in [5.74, 6) is 0. The molecule has 0 saturated carbocycles.